The van der Waals surface area contributed by atoms with Crippen LogP contribution >= 0.6 is 11.6 Å². The predicted molar refractivity (Wildman–Crippen MR) is 81.9 cm³/mol. The van der Waals surface area contributed by atoms with Crippen molar-refractivity contribution < 1.29 is 14.3 Å². The number of ether oxygens (including phenoxy) is 2. The van der Waals surface area contributed by atoms with E-state index in [0.29, 0.717) is 16.3 Å². The van der Waals surface area contributed by atoms with Gasteiger partial charge in [0, 0.05) is 17.5 Å². The van der Waals surface area contributed by atoms with E-state index in [1.54, 1.807) is 14.0 Å². The lowest BCUT2D eigenvalue weighted by Crippen LogP contribution is -2.07. The molecule has 110 valence electrons. The van der Waals surface area contributed by atoms with Crippen LogP contribution in [0.2, 0.25) is 5.02 Å². The molecule has 1 heterocycles. The maximum Gasteiger partial charge on any atom is 0.341 e. The van der Waals surface area contributed by atoms with Gasteiger partial charge in [0.15, 0.2) is 0 Å². The zero-order valence-electron chi connectivity index (χ0n) is 12.1. The highest BCUT2D eigenvalue weighted by molar-refractivity contribution is 6.36. The van der Waals surface area contributed by atoms with Crippen molar-refractivity contribution in [3.05, 3.63) is 46.7 Å². The second-order valence-corrected chi connectivity index (χ2v) is 4.78. The van der Waals surface area contributed by atoms with Crippen LogP contribution in [0.1, 0.15) is 23.0 Å². The molecule has 0 N–H and O–H groups in total. The van der Waals surface area contributed by atoms with Crippen molar-refractivity contribution in [2.75, 3.05) is 13.7 Å². The number of carbonyl (C=O) groups is 1. The van der Waals surface area contributed by atoms with Crippen LogP contribution in [0.3, 0.4) is 0 Å². The van der Waals surface area contributed by atoms with Gasteiger partial charge >= 0.3 is 5.97 Å². The maximum atomic E-state index is 11.9. The molecular formula is C16H16ClNO3. The molecule has 21 heavy (non-hydrogen) atoms. The van der Waals surface area contributed by atoms with Gasteiger partial charge in [0.2, 0.25) is 0 Å². The second kappa shape index (κ2) is 6.59. The lowest BCUT2D eigenvalue weighted by Gasteiger charge is -2.12. The lowest BCUT2D eigenvalue weighted by molar-refractivity contribution is 0.0526. The Morgan fingerprint density at radius 1 is 1.38 bits per heavy atom. The van der Waals surface area contributed by atoms with E-state index in [2.05, 4.69) is 4.98 Å². The molecule has 1 aromatic heterocycles. The summed E-state index contributed by atoms with van der Waals surface area (Å²) in [6, 6.07) is 7.45. The predicted octanol–water partition coefficient (Wildman–Crippen LogP) is 3.90. The number of aryl methyl sites for hydroxylation is 1. The van der Waals surface area contributed by atoms with E-state index in [1.165, 1.54) is 6.20 Å². The fourth-order valence-electron chi connectivity index (χ4n) is 2.04. The van der Waals surface area contributed by atoms with Gasteiger partial charge in [0.1, 0.15) is 5.75 Å². The SMILES string of the molecule is CCOC(=O)c1cnc(C)c(-c2cccc(OC)c2)c1Cl. The average molecular weight is 306 g/mol. The molecule has 2 aromatic rings. The number of methoxy groups -OCH3 is 1. The highest BCUT2D eigenvalue weighted by atomic mass is 35.5. The minimum atomic E-state index is -0.473. The maximum absolute atomic E-state index is 11.9. The number of nitrogens with zero attached hydrogens (tertiary/aromatic N) is 1. The van der Waals surface area contributed by atoms with Crippen molar-refractivity contribution in [2.45, 2.75) is 13.8 Å². The molecular weight excluding hydrogens is 290 g/mol. The Balaban J connectivity index is 2.57. The van der Waals surface area contributed by atoms with E-state index in [0.717, 1.165) is 11.3 Å². The molecule has 0 aliphatic heterocycles. The van der Waals surface area contributed by atoms with Crippen molar-refractivity contribution in [3.63, 3.8) is 0 Å². The number of pyridine rings is 1. The van der Waals surface area contributed by atoms with E-state index in [4.69, 9.17) is 21.1 Å². The Labute approximate surface area is 128 Å². The molecule has 0 bridgehead atoms. The molecule has 1 aromatic carbocycles. The Kier molecular flexibility index (Phi) is 4.81. The molecule has 2 rings (SSSR count). The zero-order valence-corrected chi connectivity index (χ0v) is 12.9. The summed E-state index contributed by atoms with van der Waals surface area (Å²) in [5.41, 5.74) is 2.56. The van der Waals surface area contributed by atoms with Gasteiger partial charge in [-0.2, -0.15) is 0 Å². The third kappa shape index (κ3) is 3.16. The summed E-state index contributed by atoms with van der Waals surface area (Å²) in [6.07, 6.45) is 1.44. The van der Waals surface area contributed by atoms with E-state index in [-0.39, 0.29) is 12.2 Å². The number of halogens is 1. The summed E-state index contributed by atoms with van der Waals surface area (Å²) < 4.78 is 10.2. The molecule has 0 saturated carbocycles. The molecule has 0 fully saturated rings. The number of hydrogen-bond acceptors (Lipinski definition) is 4. The Morgan fingerprint density at radius 3 is 2.81 bits per heavy atom. The molecule has 5 heteroatoms. The molecule has 0 saturated heterocycles. The number of aromatic nitrogens is 1. The van der Waals surface area contributed by atoms with Gasteiger partial charge in [0.05, 0.1) is 24.3 Å². The standard InChI is InChI=1S/C16H16ClNO3/c1-4-21-16(19)13-9-18-10(2)14(15(13)17)11-6-5-7-12(8-11)20-3/h5-9H,4H2,1-3H3. The zero-order chi connectivity index (χ0) is 15.4. The summed E-state index contributed by atoms with van der Waals surface area (Å²) in [4.78, 5) is 16.2. The van der Waals surface area contributed by atoms with Gasteiger partial charge in [-0.3, -0.25) is 4.98 Å². The van der Waals surface area contributed by atoms with Gasteiger partial charge in [-0.05, 0) is 31.5 Å². The first-order valence-electron chi connectivity index (χ1n) is 6.55. The Hall–Kier alpha value is -2.07. The van der Waals surface area contributed by atoms with Crippen LogP contribution < -0.4 is 4.74 Å². The van der Waals surface area contributed by atoms with Crippen molar-refractivity contribution in [3.8, 4) is 16.9 Å². The van der Waals surface area contributed by atoms with Crippen molar-refractivity contribution in [2.24, 2.45) is 0 Å². The van der Waals surface area contributed by atoms with E-state index in [9.17, 15) is 4.79 Å². The highest BCUT2D eigenvalue weighted by Crippen LogP contribution is 2.34. The highest BCUT2D eigenvalue weighted by Gasteiger charge is 2.18. The summed E-state index contributed by atoms with van der Waals surface area (Å²) in [7, 11) is 1.60. The van der Waals surface area contributed by atoms with Crippen molar-refractivity contribution in [1.82, 2.24) is 4.98 Å². The van der Waals surface area contributed by atoms with Crippen LogP contribution in [0.15, 0.2) is 30.5 Å². The molecule has 0 unspecified atom stereocenters. The molecule has 0 spiro atoms. The number of carbonyl (C=O) groups excluding carboxylic acids is 1. The summed E-state index contributed by atoms with van der Waals surface area (Å²) >= 11 is 6.39. The molecule has 0 atom stereocenters. The van der Waals surface area contributed by atoms with Crippen molar-refractivity contribution in [1.29, 1.82) is 0 Å². The van der Waals surface area contributed by atoms with Crippen LogP contribution in [0.25, 0.3) is 11.1 Å². The molecule has 0 aliphatic rings. The molecule has 0 aliphatic carbocycles. The molecule has 0 amide bonds. The monoisotopic (exact) mass is 305 g/mol. The number of esters is 1. The lowest BCUT2D eigenvalue weighted by atomic mass is 10.0. The van der Waals surface area contributed by atoms with Gasteiger partial charge < -0.3 is 9.47 Å². The number of hydrogen-bond donors (Lipinski definition) is 0. The Morgan fingerprint density at radius 2 is 2.14 bits per heavy atom. The topological polar surface area (TPSA) is 48.4 Å². The molecule has 0 radical (unpaired) electrons. The first-order chi connectivity index (χ1) is 10.1. The summed E-state index contributed by atoms with van der Waals surface area (Å²) in [5.74, 6) is 0.239. The summed E-state index contributed by atoms with van der Waals surface area (Å²) in [5, 5.41) is 0.342. The fraction of sp³-hybridized carbons (Fsp3) is 0.250. The first-order valence-corrected chi connectivity index (χ1v) is 6.93. The third-order valence-electron chi connectivity index (χ3n) is 3.06. The van der Waals surface area contributed by atoms with Gasteiger partial charge in [0.25, 0.3) is 0 Å². The summed E-state index contributed by atoms with van der Waals surface area (Å²) in [6.45, 7) is 3.88. The van der Waals surface area contributed by atoms with Gasteiger partial charge in [-0.15, -0.1) is 0 Å². The minimum Gasteiger partial charge on any atom is -0.497 e. The van der Waals surface area contributed by atoms with Crippen LogP contribution in [-0.4, -0.2) is 24.7 Å². The second-order valence-electron chi connectivity index (χ2n) is 4.40. The van der Waals surface area contributed by atoms with E-state index < -0.39 is 5.97 Å². The normalized spacial score (nSPS) is 10.3. The van der Waals surface area contributed by atoms with Gasteiger partial charge in [-0.1, -0.05) is 23.7 Å². The smallest absolute Gasteiger partial charge is 0.341 e. The van der Waals surface area contributed by atoms with Crippen LogP contribution in [0.4, 0.5) is 0 Å². The number of benzene rings is 1. The fourth-order valence-corrected chi connectivity index (χ4v) is 2.41. The van der Waals surface area contributed by atoms with E-state index >= 15 is 0 Å². The Bertz CT molecular complexity index is 671. The number of rotatable bonds is 4. The largest absolute Gasteiger partial charge is 0.497 e. The van der Waals surface area contributed by atoms with Gasteiger partial charge in [-0.25, -0.2) is 4.79 Å². The average Bonchev–Trinajstić information content (AvgIpc) is 2.48. The van der Waals surface area contributed by atoms with Crippen LogP contribution in [0.5, 0.6) is 5.75 Å². The molecule has 4 nitrogen and oxygen atoms in total. The van der Waals surface area contributed by atoms with Crippen LogP contribution in [-0.2, 0) is 4.74 Å². The quantitative estimate of drug-likeness (QED) is 0.804. The van der Waals surface area contributed by atoms with E-state index in [1.807, 2.05) is 31.2 Å². The van der Waals surface area contributed by atoms with Crippen molar-refractivity contribution >= 4 is 17.6 Å². The van der Waals surface area contributed by atoms with Crippen LogP contribution in [0, 0.1) is 6.92 Å². The first kappa shape index (κ1) is 15.3. The minimum absolute atomic E-state index is 0.266. The third-order valence-corrected chi connectivity index (χ3v) is 3.45.